The van der Waals surface area contributed by atoms with Crippen LogP contribution in [0.25, 0.3) is 0 Å². The molecule has 1 fully saturated rings. The Bertz CT molecular complexity index is 502. The molecule has 0 saturated carbocycles. The molecule has 1 aromatic heterocycles. The number of carboxylic acids is 1. The average molecular weight is 279 g/mol. The SMILES string of the molecule is CCc1cc(C(=O)N2CCC(CC(=O)O)CC2)n(C)n1. The van der Waals surface area contributed by atoms with Crippen molar-refractivity contribution < 1.29 is 14.7 Å². The van der Waals surface area contributed by atoms with Gasteiger partial charge >= 0.3 is 5.97 Å². The van der Waals surface area contributed by atoms with Gasteiger partial charge in [-0.1, -0.05) is 6.92 Å². The summed E-state index contributed by atoms with van der Waals surface area (Å²) in [5.74, 6) is -0.572. The molecule has 0 atom stereocenters. The van der Waals surface area contributed by atoms with Gasteiger partial charge in [0.25, 0.3) is 5.91 Å². The number of piperidine rings is 1. The first kappa shape index (κ1) is 14.6. The Labute approximate surface area is 118 Å². The Morgan fingerprint density at radius 1 is 1.40 bits per heavy atom. The van der Waals surface area contributed by atoms with E-state index in [1.807, 2.05) is 13.0 Å². The highest BCUT2D eigenvalue weighted by Crippen LogP contribution is 2.22. The van der Waals surface area contributed by atoms with Crippen molar-refractivity contribution in [3.05, 3.63) is 17.5 Å². The maximum atomic E-state index is 12.4. The van der Waals surface area contributed by atoms with E-state index in [0.29, 0.717) is 18.8 Å². The van der Waals surface area contributed by atoms with E-state index in [2.05, 4.69) is 5.10 Å². The van der Waals surface area contributed by atoms with Crippen molar-refractivity contribution in [2.24, 2.45) is 13.0 Å². The molecule has 0 bridgehead atoms. The molecule has 1 saturated heterocycles. The number of amides is 1. The van der Waals surface area contributed by atoms with Crippen molar-refractivity contribution >= 4 is 11.9 Å². The summed E-state index contributed by atoms with van der Waals surface area (Å²) in [4.78, 5) is 24.9. The molecular formula is C14H21N3O3. The van der Waals surface area contributed by atoms with Crippen LogP contribution in [0.1, 0.15) is 42.4 Å². The molecule has 1 aromatic rings. The van der Waals surface area contributed by atoms with E-state index >= 15 is 0 Å². The molecule has 0 spiro atoms. The number of hydrogen-bond donors (Lipinski definition) is 1. The normalized spacial score (nSPS) is 16.4. The van der Waals surface area contributed by atoms with Gasteiger partial charge in [-0.25, -0.2) is 0 Å². The highest BCUT2D eigenvalue weighted by Gasteiger charge is 2.26. The first-order chi connectivity index (χ1) is 9.51. The lowest BCUT2D eigenvalue weighted by Crippen LogP contribution is -2.39. The molecule has 1 amide bonds. The van der Waals surface area contributed by atoms with Crippen LogP contribution in [-0.4, -0.2) is 44.8 Å². The van der Waals surface area contributed by atoms with Crippen LogP contribution >= 0.6 is 0 Å². The number of likely N-dealkylation sites (tertiary alicyclic amines) is 1. The van der Waals surface area contributed by atoms with Crippen molar-refractivity contribution in [1.29, 1.82) is 0 Å². The van der Waals surface area contributed by atoms with E-state index in [1.54, 1.807) is 16.6 Å². The van der Waals surface area contributed by atoms with Gasteiger partial charge in [0.1, 0.15) is 5.69 Å². The second-order valence-corrected chi connectivity index (χ2v) is 5.33. The van der Waals surface area contributed by atoms with Crippen molar-refractivity contribution in [2.75, 3.05) is 13.1 Å². The Hall–Kier alpha value is -1.85. The molecule has 2 rings (SSSR count). The largest absolute Gasteiger partial charge is 0.481 e. The summed E-state index contributed by atoms with van der Waals surface area (Å²) in [6.45, 7) is 3.26. The quantitative estimate of drug-likeness (QED) is 0.901. The topological polar surface area (TPSA) is 75.4 Å². The number of nitrogens with zero attached hydrogens (tertiary/aromatic N) is 3. The lowest BCUT2D eigenvalue weighted by molar-refractivity contribution is -0.138. The van der Waals surface area contributed by atoms with Crippen molar-refractivity contribution in [1.82, 2.24) is 14.7 Å². The zero-order valence-electron chi connectivity index (χ0n) is 12.0. The summed E-state index contributed by atoms with van der Waals surface area (Å²) in [7, 11) is 1.78. The second kappa shape index (κ2) is 6.07. The highest BCUT2D eigenvalue weighted by molar-refractivity contribution is 5.92. The summed E-state index contributed by atoms with van der Waals surface area (Å²) in [5, 5.41) is 13.1. The first-order valence-corrected chi connectivity index (χ1v) is 7.05. The third-order valence-electron chi connectivity index (χ3n) is 3.88. The minimum Gasteiger partial charge on any atom is -0.481 e. The molecule has 110 valence electrons. The molecule has 20 heavy (non-hydrogen) atoms. The number of carboxylic acid groups (broad SMARTS) is 1. The zero-order valence-corrected chi connectivity index (χ0v) is 12.0. The molecule has 1 aliphatic heterocycles. The number of carbonyl (C=O) groups is 2. The standard InChI is InChI=1S/C14H21N3O3/c1-3-11-9-12(16(2)15-11)14(20)17-6-4-10(5-7-17)8-13(18)19/h9-10H,3-8H2,1-2H3,(H,18,19). The van der Waals surface area contributed by atoms with E-state index in [-0.39, 0.29) is 18.2 Å². The minimum absolute atomic E-state index is 0.00604. The second-order valence-electron chi connectivity index (χ2n) is 5.33. The lowest BCUT2D eigenvalue weighted by Gasteiger charge is -2.31. The fraction of sp³-hybridized carbons (Fsp3) is 0.643. The first-order valence-electron chi connectivity index (χ1n) is 7.05. The summed E-state index contributed by atoms with van der Waals surface area (Å²) >= 11 is 0. The van der Waals surface area contributed by atoms with E-state index in [4.69, 9.17) is 5.11 Å². The van der Waals surface area contributed by atoms with E-state index in [0.717, 1.165) is 25.0 Å². The lowest BCUT2D eigenvalue weighted by atomic mass is 9.93. The van der Waals surface area contributed by atoms with Crippen LogP contribution in [-0.2, 0) is 18.3 Å². The molecule has 0 radical (unpaired) electrons. The highest BCUT2D eigenvalue weighted by atomic mass is 16.4. The van der Waals surface area contributed by atoms with Crippen molar-refractivity contribution in [3.8, 4) is 0 Å². The Morgan fingerprint density at radius 2 is 2.05 bits per heavy atom. The van der Waals surface area contributed by atoms with E-state index in [1.165, 1.54) is 0 Å². The molecule has 6 nitrogen and oxygen atoms in total. The molecule has 0 aromatic carbocycles. The molecular weight excluding hydrogens is 258 g/mol. The number of aliphatic carboxylic acids is 1. The van der Waals surface area contributed by atoms with Gasteiger partial charge in [-0.05, 0) is 31.2 Å². The number of hydrogen-bond acceptors (Lipinski definition) is 3. The summed E-state index contributed by atoms with van der Waals surface area (Å²) in [6.07, 6.45) is 2.53. The van der Waals surface area contributed by atoms with Crippen LogP contribution in [0.4, 0.5) is 0 Å². The van der Waals surface area contributed by atoms with Crippen molar-refractivity contribution in [3.63, 3.8) is 0 Å². The average Bonchev–Trinajstić information content (AvgIpc) is 2.79. The molecule has 1 N–H and O–H groups in total. The van der Waals surface area contributed by atoms with Gasteiger partial charge in [-0.3, -0.25) is 14.3 Å². The van der Waals surface area contributed by atoms with Crippen molar-refractivity contribution in [2.45, 2.75) is 32.6 Å². The van der Waals surface area contributed by atoms with Gasteiger partial charge in [-0.15, -0.1) is 0 Å². The monoisotopic (exact) mass is 279 g/mol. The van der Waals surface area contributed by atoms with E-state index in [9.17, 15) is 9.59 Å². The maximum absolute atomic E-state index is 12.4. The molecule has 2 heterocycles. The smallest absolute Gasteiger partial charge is 0.303 e. The molecule has 6 heteroatoms. The Kier molecular flexibility index (Phi) is 4.42. The van der Waals surface area contributed by atoms with Crippen LogP contribution in [0.2, 0.25) is 0 Å². The summed E-state index contributed by atoms with van der Waals surface area (Å²) in [6, 6.07) is 1.84. The number of rotatable bonds is 4. The van der Waals surface area contributed by atoms with Gasteiger partial charge < -0.3 is 10.0 Å². The van der Waals surface area contributed by atoms with E-state index < -0.39 is 5.97 Å². The predicted molar refractivity (Wildman–Crippen MR) is 73.5 cm³/mol. The molecule has 1 aliphatic rings. The number of aromatic nitrogens is 2. The molecule has 0 unspecified atom stereocenters. The number of aryl methyl sites for hydroxylation is 2. The van der Waals surface area contributed by atoms with Gasteiger partial charge in [0.2, 0.25) is 0 Å². The minimum atomic E-state index is -0.756. The fourth-order valence-electron chi connectivity index (χ4n) is 2.65. The predicted octanol–water partition coefficient (Wildman–Crippen LogP) is 1.31. The van der Waals surface area contributed by atoms with Gasteiger partial charge in [0.15, 0.2) is 0 Å². The zero-order chi connectivity index (χ0) is 14.7. The van der Waals surface area contributed by atoms with Gasteiger partial charge in [0.05, 0.1) is 5.69 Å². The van der Waals surface area contributed by atoms with Crippen LogP contribution in [0.3, 0.4) is 0 Å². The number of carbonyl (C=O) groups excluding carboxylic acids is 1. The Balaban J connectivity index is 1.97. The van der Waals surface area contributed by atoms with Crippen LogP contribution in [0.15, 0.2) is 6.07 Å². The summed E-state index contributed by atoms with van der Waals surface area (Å²) in [5.41, 5.74) is 1.52. The third-order valence-corrected chi connectivity index (χ3v) is 3.88. The van der Waals surface area contributed by atoms with Gasteiger partial charge in [-0.2, -0.15) is 5.10 Å². The fourth-order valence-corrected chi connectivity index (χ4v) is 2.65. The van der Waals surface area contributed by atoms with Gasteiger partial charge in [0, 0.05) is 26.6 Å². The van der Waals surface area contributed by atoms with Crippen LogP contribution < -0.4 is 0 Å². The third kappa shape index (κ3) is 3.18. The van der Waals surface area contributed by atoms with Crippen LogP contribution in [0, 0.1) is 5.92 Å². The molecule has 0 aliphatic carbocycles. The summed E-state index contributed by atoms with van der Waals surface area (Å²) < 4.78 is 1.63. The Morgan fingerprint density at radius 3 is 2.55 bits per heavy atom. The van der Waals surface area contributed by atoms with Crippen LogP contribution in [0.5, 0.6) is 0 Å². The maximum Gasteiger partial charge on any atom is 0.303 e.